The monoisotopic (exact) mass is 613 g/mol. The summed E-state index contributed by atoms with van der Waals surface area (Å²) in [5.41, 5.74) is -0.517. The van der Waals surface area contributed by atoms with Crippen LogP contribution in [-0.2, 0) is 33.4 Å². The van der Waals surface area contributed by atoms with E-state index in [-0.39, 0.29) is 38.3 Å². The number of amides is 2. The molecule has 0 radical (unpaired) electrons. The third-order valence-electron chi connectivity index (χ3n) is 6.70. The quantitative estimate of drug-likeness (QED) is 0.497. The normalized spacial score (nSPS) is 23.3. The number of rotatable bonds is 6. The number of alkyl halides is 3. The summed E-state index contributed by atoms with van der Waals surface area (Å²) >= 11 is -0.129. The first-order valence-electron chi connectivity index (χ1n) is 13.0. The van der Waals surface area contributed by atoms with Gasteiger partial charge >= 0.3 is 233 Å². The standard InChI is InChI=1S/C28H34F3N3O4Se/c1-5-37-23-20(25(35)34-12-11-21-17(16-34)13-18(15-32-21)28(29,30)31)14-22(33-26(36)38-27(2,3)4)24(23)39-19-9-7-6-8-10-19/h6-10,13,15,20,22-24H,5,11-12,14,16H2,1-4H3,(H,33,36)/t20-,22?,23+,24?/m1/s1. The van der Waals surface area contributed by atoms with Crippen LogP contribution in [0.15, 0.2) is 42.6 Å². The number of carbonyl (C=O) groups is 2. The van der Waals surface area contributed by atoms with Crippen LogP contribution >= 0.6 is 0 Å². The van der Waals surface area contributed by atoms with Crippen molar-refractivity contribution < 1.29 is 32.2 Å². The van der Waals surface area contributed by atoms with Crippen LogP contribution in [0.4, 0.5) is 18.0 Å². The van der Waals surface area contributed by atoms with Crippen molar-refractivity contribution in [2.75, 3.05) is 13.2 Å². The fourth-order valence-electron chi connectivity index (χ4n) is 5.05. The van der Waals surface area contributed by atoms with Crippen molar-refractivity contribution in [1.29, 1.82) is 0 Å². The van der Waals surface area contributed by atoms with E-state index in [4.69, 9.17) is 9.47 Å². The molecule has 2 amide bonds. The first kappa shape index (κ1) is 29.4. The van der Waals surface area contributed by atoms with E-state index in [1.165, 1.54) is 0 Å². The Kier molecular flexibility index (Phi) is 8.93. The number of ether oxygens (including phenoxy) is 2. The zero-order chi connectivity index (χ0) is 28.4. The second-order valence-electron chi connectivity index (χ2n) is 10.7. The molecule has 0 saturated heterocycles. The molecule has 0 spiro atoms. The van der Waals surface area contributed by atoms with Crippen LogP contribution in [-0.4, -0.2) is 67.7 Å². The molecule has 212 valence electrons. The van der Waals surface area contributed by atoms with Gasteiger partial charge < -0.3 is 0 Å². The fourth-order valence-corrected chi connectivity index (χ4v) is 7.94. The number of pyridine rings is 1. The Morgan fingerprint density at radius 2 is 1.90 bits per heavy atom. The molecular formula is C28H34F3N3O4Se. The Morgan fingerprint density at radius 3 is 2.54 bits per heavy atom. The molecule has 1 aliphatic heterocycles. The molecule has 1 aliphatic carbocycles. The van der Waals surface area contributed by atoms with Crippen LogP contribution in [0.2, 0.25) is 4.82 Å². The molecule has 11 heteroatoms. The topological polar surface area (TPSA) is 80.8 Å². The van der Waals surface area contributed by atoms with Gasteiger partial charge in [0, 0.05) is 0 Å². The number of carbonyl (C=O) groups excluding carboxylic acids is 2. The van der Waals surface area contributed by atoms with Gasteiger partial charge in [0.15, 0.2) is 0 Å². The SMILES string of the molecule is CCO[C@@H]1C([Se]c2ccccc2)C(NC(=O)OC(C)(C)C)C[C@H]1C(=O)N1CCc2ncc(C(F)(F)F)cc2C1. The van der Waals surface area contributed by atoms with E-state index in [0.29, 0.717) is 37.3 Å². The average molecular weight is 613 g/mol. The van der Waals surface area contributed by atoms with Gasteiger partial charge in [-0.2, -0.15) is 0 Å². The van der Waals surface area contributed by atoms with Gasteiger partial charge in [-0.15, -0.1) is 0 Å². The summed E-state index contributed by atoms with van der Waals surface area (Å²) in [5, 5.41) is 2.99. The van der Waals surface area contributed by atoms with Gasteiger partial charge in [-0.3, -0.25) is 0 Å². The van der Waals surface area contributed by atoms with Crippen molar-refractivity contribution in [2.24, 2.45) is 5.92 Å². The molecule has 1 aromatic heterocycles. The molecule has 1 aromatic carbocycles. The number of aromatic nitrogens is 1. The first-order chi connectivity index (χ1) is 18.4. The van der Waals surface area contributed by atoms with Gasteiger partial charge in [-0.1, -0.05) is 0 Å². The first-order valence-corrected chi connectivity index (χ1v) is 14.9. The summed E-state index contributed by atoms with van der Waals surface area (Å²) in [6, 6.07) is 10.6. The molecule has 39 heavy (non-hydrogen) atoms. The number of hydrogen-bond acceptors (Lipinski definition) is 5. The Bertz CT molecular complexity index is 1170. The van der Waals surface area contributed by atoms with Crippen molar-refractivity contribution in [2.45, 2.75) is 75.8 Å². The molecular weight excluding hydrogens is 578 g/mol. The maximum atomic E-state index is 13.9. The summed E-state index contributed by atoms with van der Waals surface area (Å²) in [6.45, 7) is 8.03. The van der Waals surface area contributed by atoms with Crippen molar-refractivity contribution in [3.63, 3.8) is 0 Å². The summed E-state index contributed by atoms with van der Waals surface area (Å²) in [6.07, 6.45) is -3.94. The number of halogens is 3. The van der Waals surface area contributed by atoms with Gasteiger partial charge in [-0.25, -0.2) is 0 Å². The molecule has 0 bridgehead atoms. The van der Waals surface area contributed by atoms with Crippen LogP contribution in [0.5, 0.6) is 0 Å². The zero-order valence-corrected chi connectivity index (χ0v) is 24.2. The van der Waals surface area contributed by atoms with E-state index >= 15 is 0 Å². The number of alkyl carbamates (subject to hydrolysis) is 1. The van der Waals surface area contributed by atoms with Crippen molar-refractivity contribution >= 4 is 31.4 Å². The minimum atomic E-state index is -4.51. The molecule has 2 aromatic rings. The van der Waals surface area contributed by atoms with E-state index in [1.807, 2.05) is 37.3 Å². The molecule has 2 heterocycles. The molecule has 2 unspecified atom stereocenters. The molecule has 4 atom stereocenters. The van der Waals surface area contributed by atoms with Gasteiger partial charge in [-0.05, 0) is 0 Å². The third-order valence-corrected chi connectivity index (χ3v) is 9.66. The average Bonchev–Trinajstić information content (AvgIpc) is 3.18. The van der Waals surface area contributed by atoms with Gasteiger partial charge in [0.2, 0.25) is 0 Å². The van der Waals surface area contributed by atoms with Gasteiger partial charge in [0.1, 0.15) is 0 Å². The Hall–Kier alpha value is -2.62. The van der Waals surface area contributed by atoms with E-state index in [1.54, 1.807) is 25.7 Å². The Balaban J connectivity index is 1.58. The van der Waals surface area contributed by atoms with Crippen LogP contribution < -0.4 is 9.78 Å². The third kappa shape index (κ3) is 7.32. The summed E-state index contributed by atoms with van der Waals surface area (Å²) < 4.78 is 52.7. The van der Waals surface area contributed by atoms with E-state index in [0.717, 1.165) is 16.7 Å². The summed E-state index contributed by atoms with van der Waals surface area (Å²) in [4.78, 5) is 32.1. The van der Waals surface area contributed by atoms with Crippen LogP contribution in [0.25, 0.3) is 0 Å². The molecule has 1 N–H and O–H groups in total. The Morgan fingerprint density at radius 1 is 1.18 bits per heavy atom. The summed E-state index contributed by atoms with van der Waals surface area (Å²) in [7, 11) is 0. The number of hydrogen-bond donors (Lipinski definition) is 1. The van der Waals surface area contributed by atoms with Crippen LogP contribution in [0.3, 0.4) is 0 Å². The summed E-state index contributed by atoms with van der Waals surface area (Å²) in [5.74, 6) is -0.736. The maximum absolute atomic E-state index is 13.9. The molecule has 1 fully saturated rings. The predicted molar refractivity (Wildman–Crippen MR) is 141 cm³/mol. The number of nitrogens with zero attached hydrogens (tertiary/aromatic N) is 2. The molecule has 2 aliphatic rings. The number of nitrogens with one attached hydrogen (secondary N) is 1. The van der Waals surface area contributed by atoms with E-state index in [2.05, 4.69) is 10.3 Å². The van der Waals surface area contributed by atoms with Gasteiger partial charge in [0.25, 0.3) is 0 Å². The number of benzene rings is 1. The predicted octanol–water partition coefficient (Wildman–Crippen LogP) is 4.12. The van der Waals surface area contributed by atoms with Crippen LogP contribution in [0, 0.1) is 5.92 Å². The second-order valence-corrected chi connectivity index (χ2v) is 13.4. The minimum absolute atomic E-state index is 0.0547. The Labute approximate surface area is 233 Å². The zero-order valence-electron chi connectivity index (χ0n) is 22.5. The van der Waals surface area contributed by atoms with Crippen molar-refractivity contribution in [3.05, 3.63) is 59.4 Å². The number of fused-ring (bicyclic) bond motifs is 1. The van der Waals surface area contributed by atoms with Crippen LogP contribution in [0.1, 0.15) is 50.9 Å². The fraction of sp³-hybridized carbons (Fsp3) is 0.536. The van der Waals surface area contributed by atoms with Crippen molar-refractivity contribution in [1.82, 2.24) is 15.2 Å². The van der Waals surface area contributed by atoms with E-state index < -0.39 is 35.5 Å². The van der Waals surface area contributed by atoms with Crippen molar-refractivity contribution in [3.8, 4) is 0 Å². The molecule has 4 rings (SSSR count). The van der Waals surface area contributed by atoms with Gasteiger partial charge in [0.05, 0.1) is 0 Å². The molecule has 1 saturated carbocycles. The van der Waals surface area contributed by atoms with E-state index in [9.17, 15) is 22.8 Å². The molecule has 7 nitrogen and oxygen atoms in total. The second kappa shape index (κ2) is 11.9.